The van der Waals surface area contributed by atoms with Gasteiger partial charge in [-0.1, -0.05) is 46.0 Å². The molecule has 1 unspecified atom stereocenters. The molecule has 96 valence electrons. The molecular weight excluding hydrogens is 218 g/mol. The maximum Gasteiger partial charge on any atom is 0.220 e. The second-order valence-corrected chi connectivity index (χ2v) is 5.70. The van der Waals surface area contributed by atoms with E-state index in [4.69, 9.17) is 5.73 Å². The molecule has 0 fully saturated rings. The summed E-state index contributed by atoms with van der Waals surface area (Å²) < 4.78 is 0. The van der Waals surface area contributed by atoms with Gasteiger partial charge in [-0.05, 0) is 24.3 Å². The number of rotatable bonds is 11. The first kappa shape index (κ1) is 15.8. The van der Waals surface area contributed by atoms with Gasteiger partial charge < -0.3 is 5.73 Å². The van der Waals surface area contributed by atoms with Gasteiger partial charge >= 0.3 is 0 Å². The van der Waals surface area contributed by atoms with Crippen LogP contribution in [0.15, 0.2) is 0 Å². The monoisotopic (exact) mass is 245 g/mol. The highest BCUT2D eigenvalue weighted by atomic mass is 32.2. The Morgan fingerprint density at radius 3 is 2.38 bits per heavy atom. The Bertz CT molecular complexity index is 173. The van der Waals surface area contributed by atoms with Crippen molar-refractivity contribution in [1.82, 2.24) is 0 Å². The molecule has 3 heteroatoms. The van der Waals surface area contributed by atoms with Crippen LogP contribution in [0.5, 0.6) is 0 Å². The van der Waals surface area contributed by atoms with Crippen molar-refractivity contribution in [3.05, 3.63) is 0 Å². The molecule has 0 bridgehead atoms. The van der Waals surface area contributed by atoms with Gasteiger partial charge in [-0.3, -0.25) is 4.79 Å². The standard InChI is InChI=1S/C13H27NOS/c1-3-4-5-6-7-8-10-16-11-9-12(2)13(14)15/h12H,3-11H2,1-2H3,(H2,14,15). The molecule has 0 rings (SSSR count). The number of hydrogen-bond acceptors (Lipinski definition) is 2. The molecule has 16 heavy (non-hydrogen) atoms. The number of carbonyl (C=O) groups excluding carboxylic acids is 1. The summed E-state index contributed by atoms with van der Waals surface area (Å²) in [4.78, 5) is 10.8. The number of primary amides is 1. The number of amides is 1. The maximum atomic E-state index is 10.8. The van der Waals surface area contributed by atoms with E-state index < -0.39 is 0 Å². The fourth-order valence-corrected chi connectivity index (χ4v) is 2.62. The Morgan fingerprint density at radius 1 is 1.12 bits per heavy atom. The number of hydrogen-bond donors (Lipinski definition) is 1. The Balaban J connectivity index is 3.07. The summed E-state index contributed by atoms with van der Waals surface area (Å²) in [7, 11) is 0. The van der Waals surface area contributed by atoms with E-state index in [1.54, 1.807) is 0 Å². The van der Waals surface area contributed by atoms with Crippen LogP contribution in [0.25, 0.3) is 0 Å². The van der Waals surface area contributed by atoms with Gasteiger partial charge in [0, 0.05) is 5.92 Å². The molecule has 0 aliphatic carbocycles. The van der Waals surface area contributed by atoms with E-state index in [0.29, 0.717) is 0 Å². The summed E-state index contributed by atoms with van der Waals surface area (Å²) in [6.45, 7) is 4.16. The highest BCUT2D eigenvalue weighted by Crippen LogP contribution is 2.13. The SMILES string of the molecule is CCCCCCCCSCCC(C)C(N)=O. The van der Waals surface area contributed by atoms with Crippen molar-refractivity contribution < 1.29 is 4.79 Å². The summed E-state index contributed by atoms with van der Waals surface area (Å²) in [6, 6.07) is 0. The third-order valence-corrected chi connectivity index (χ3v) is 3.92. The van der Waals surface area contributed by atoms with E-state index in [0.717, 1.165) is 12.2 Å². The zero-order valence-corrected chi connectivity index (χ0v) is 11.7. The fourth-order valence-electron chi connectivity index (χ4n) is 1.49. The third-order valence-electron chi connectivity index (χ3n) is 2.82. The highest BCUT2D eigenvalue weighted by molar-refractivity contribution is 7.99. The predicted octanol–water partition coefficient (Wildman–Crippen LogP) is 3.59. The Labute approximate surface area is 105 Å². The first-order chi connectivity index (χ1) is 7.68. The predicted molar refractivity (Wildman–Crippen MR) is 73.7 cm³/mol. The van der Waals surface area contributed by atoms with Crippen LogP contribution in [0.4, 0.5) is 0 Å². The molecule has 0 saturated carbocycles. The Kier molecular flexibility index (Phi) is 11.2. The molecule has 0 radical (unpaired) electrons. The van der Waals surface area contributed by atoms with Crippen LogP contribution in [0, 0.1) is 5.92 Å². The van der Waals surface area contributed by atoms with Crippen LogP contribution in [0.2, 0.25) is 0 Å². The van der Waals surface area contributed by atoms with Crippen LogP contribution in [-0.2, 0) is 4.79 Å². The topological polar surface area (TPSA) is 43.1 Å². The Hall–Kier alpha value is -0.180. The van der Waals surface area contributed by atoms with Crippen LogP contribution in [0.3, 0.4) is 0 Å². The highest BCUT2D eigenvalue weighted by Gasteiger charge is 2.07. The third kappa shape index (κ3) is 10.3. The van der Waals surface area contributed by atoms with E-state index in [9.17, 15) is 4.79 Å². The molecule has 0 aromatic rings. The van der Waals surface area contributed by atoms with Crippen molar-refractivity contribution in [2.45, 2.75) is 58.8 Å². The maximum absolute atomic E-state index is 10.8. The largest absolute Gasteiger partial charge is 0.369 e. The van der Waals surface area contributed by atoms with Crippen molar-refractivity contribution >= 4 is 17.7 Å². The van der Waals surface area contributed by atoms with E-state index in [-0.39, 0.29) is 11.8 Å². The Morgan fingerprint density at radius 2 is 1.75 bits per heavy atom. The summed E-state index contributed by atoms with van der Waals surface area (Å²) in [5, 5.41) is 0. The number of carbonyl (C=O) groups is 1. The van der Waals surface area contributed by atoms with E-state index >= 15 is 0 Å². The molecule has 0 aliphatic heterocycles. The first-order valence-corrected chi connectivity index (χ1v) is 7.71. The van der Waals surface area contributed by atoms with Crippen molar-refractivity contribution in [2.24, 2.45) is 11.7 Å². The lowest BCUT2D eigenvalue weighted by molar-refractivity contribution is -0.121. The lowest BCUT2D eigenvalue weighted by Gasteiger charge is -2.06. The lowest BCUT2D eigenvalue weighted by atomic mass is 10.1. The van der Waals surface area contributed by atoms with Gasteiger partial charge in [0.2, 0.25) is 5.91 Å². The van der Waals surface area contributed by atoms with Crippen LogP contribution in [-0.4, -0.2) is 17.4 Å². The molecule has 1 atom stereocenters. The zero-order chi connectivity index (χ0) is 12.2. The van der Waals surface area contributed by atoms with Crippen molar-refractivity contribution in [3.8, 4) is 0 Å². The van der Waals surface area contributed by atoms with Crippen LogP contribution >= 0.6 is 11.8 Å². The van der Waals surface area contributed by atoms with Gasteiger partial charge in [-0.15, -0.1) is 0 Å². The van der Waals surface area contributed by atoms with Crippen LogP contribution < -0.4 is 5.73 Å². The van der Waals surface area contributed by atoms with Crippen molar-refractivity contribution in [2.75, 3.05) is 11.5 Å². The minimum Gasteiger partial charge on any atom is -0.369 e. The number of thioether (sulfide) groups is 1. The average molecular weight is 245 g/mol. The first-order valence-electron chi connectivity index (χ1n) is 6.55. The second kappa shape index (κ2) is 11.3. The molecule has 1 amide bonds. The van der Waals surface area contributed by atoms with E-state index in [2.05, 4.69) is 6.92 Å². The molecule has 0 spiro atoms. The number of nitrogens with two attached hydrogens (primary N) is 1. The molecule has 2 N–H and O–H groups in total. The second-order valence-electron chi connectivity index (χ2n) is 4.47. The van der Waals surface area contributed by atoms with Gasteiger partial charge in [-0.2, -0.15) is 11.8 Å². The van der Waals surface area contributed by atoms with Gasteiger partial charge in [-0.25, -0.2) is 0 Å². The van der Waals surface area contributed by atoms with Gasteiger partial charge in [0.1, 0.15) is 0 Å². The fraction of sp³-hybridized carbons (Fsp3) is 0.923. The zero-order valence-electron chi connectivity index (χ0n) is 10.8. The molecule has 2 nitrogen and oxygen atoms in total. The summed E-state index contributed by atoms with van der Waals surface area (Å²) >= 11 is 1.95. The minimum absolute atomic E-state index is 0.0389. The molecule has 0 saturated heterocycles. The summed E-state index contributed by atoms with van der Waals surface area (Å²) in [6.07, 6.45) is 9.07. The quantitative estimate of drug-likeness (QED) is 0.565. The molecule has 0 aromatic carbocycles. The van der Waals surface area contributed by atoms with Gasteiger partial charge in [0.25, 0.3) is 0 Å². The molecule has 0 heterocycles. The smallest absolute Gasteiger partial charge is 0.220 e. The molecule has 0 aliphatic rings. The summed E-state index contributed by atoms with van der Waals surface area (Å²) in [5.74, 6) is 2.17. The van der Waals surface area contributed by atoms with Crippen LogP contribution in [0.1, 0.15) is 58.8 Å². The molecule has 0 aromatic heterocycles. The van der Waals surface area contributed by atoms with Crippen molar-refractivity contribution in [3.63, 3.8) is 0 Å². The summed E-state index contributed by atoms with van der Waals surface area (Å²) in [5.41, 5.74) is 5.20. The molecular formula is C13H27NOS. The van der Waals surface area contributed by atoms with Crippen molar-refractivity contribution in [1.29, 1.82) is 0 Å². The average Bonchev–Trinajstić information content (AvgIpc) is 2.26. The van der Waals surface area contributed by atoms with Gasteiger partial charge in [0.05, 0.1) is 0 Å². The van der Waals surface area contributed by atoms with E-state index in [1.165, 1.54) is 44.3 Å². The lowest BCUT2D eigenvalue weighted by Crippen LogP contribution is -2.20. The number of unbranched alkanes of at least 4 members (excludes halogenated alkanes) is 5. The van der Waals surface area contributed by atoms with E-state index in [1.807, 2.05) is 18.7 Å². The normalized spacial score (nSPS) is 12.6. The van der Waals surface area contributed by atoms with Gasteiger partial charge in [0.15, 0.2) is 0 Å². The minimum atomic E-state index is -0.167.